The van der Waals surface area contributed by atoms with Gasteiger partial charge in [-0.2, -0.15) is 0 Å². The number of aromatic nitrogens is 1. The number of hydrogen-bond donors (Lipinski definition) is 1. The summed E-state index contributed by atoms with van der Waals surface area (Å²) in [6.07, 6.45) is 1.56. The summed E-state index contributed by atoms with van der Waals surface area (Å²) < 4.78 is 17.4. The molecule has 0 aliphatic carbocycles. The zero-order valence-electron chi connectivity index (χ0n) is 15.5. The second kappa shape index (κ2) is 7.69. The standard InChI is InChI=1S/C19H22N2O6/c1-4-21-9-13(19(24)20-11(3)6-17(22)25-5-2)18(23)12-7-15-16(8-14(12)21)27-10-26-15/h7-9,11H,4-6,10H2,1-3H3,(H,20,24). The summed E-state index contributed by atoms with van der Waals surface area (Å²) in [5, 5.41) is 3.07. The molecule has 8 heteroatoms. The fourth-order valence-electron chi connectivity index (χ4n) is 3.03. The van der Waals surface area contributed by atoms with Gasteiger partial charge in [-0.25, -0.2) is 0 Å². The summed E-state index contributed by atoms with van der Waals surface area (Å²) in [7, 11) is 0. The van der Waals surface area contributed by atoms with Crippen LogP contribution in [-0.4, -0.2) is 35.9 Å². The number of amides is 1. The fourth-order valence-corrected chi connectivity index (χ4v) is 3.03. The van der Waals surface area contributed by atoms with Crippen molar-refractivity contribution < 1.29 is 23.8 Å². The van der Waals surface area contributed by atoms with Crippen molar-refractivity contribution in [1.29, 1.82) is 0 Å². The number of carbonyl (C=O) groups excluding carboxylic acids is 2. The van der Waals surface area contributed by atoms with E-state index in [1.807, 2.05) is 11.5 Å². The first-order valence-electron chi connectivity index (χ1n) is 8.87. The zero-order chi connectivity index (χ0) is 19.6. The molecular formula is C19H22N2O6. The van der Waals surface area contributed by atoms with E-state index in [-0.39, 0.29) is 25.4 Å². The molecule has 0 spiro atoms. The monoisotopic (exact) mass is 374 g/mol. The van der Waals surface area contributed by atoms with E-state index in [4.69, 9.17) is 14.2 Å². The minimum absolute atomic E-state index is 0.0129. The predicted molar refractivity (Wildman–Crippen MR) is 98.2 cm³/mol. The topological polar surface area (TPSA) is 95.9 Å². The smallest absolute Gasteiger partial charge is 0.307 e. The largest absolute Gasteiger partial charge is 0.466 e. The normalized spacial score (nSPS) is 13.4. The lowest BCUT2D eigenvalue weighted by atomic mass is 10.1. The third-order valence-corrected chi connectivity index (χ3v) is 4.32. The number of hydrogen-bond acceptors (Lipinski definition) is 6. The number of nitrogens with one attached hydrogen (secondary N) is 1. The molecule has 2 aromatic rings. The fraction of sp³-hybridized carbons (Fsp3) is 0.421. The molecule has 0 saturated heterocycles. The number of pyridine rings is 1. The summed E-state index contributed by atoms with van der Waals surface area (Å²) in [5.74, 6) is 0.126. The van der Waals surface area contributed by atoms with Crippen molar-refractivity contribution in [1.82, 2.24) is 9.88 Å². The van der Waals surface area contributed by atoms with Crippen LogP contribution in [0.4, 0.5) is 0 Å². The van der Waals surface area contributed by atoms with Crippen molar-refractivity contribution in [2.24, 2.45) is 0 Å². The SMILES string of the molecule is CCOC(=O)CC(C)NC(=O)c1cn(CC)c2cc3c(cc2c1=O)OCO3. The molecule has 1 aliphatic rings. The molecule has 1 unspecified atom stereocenters. The molecule has 27 heavy (non-hydrogen) atoms. The van der Waals surface area contributed by atoms with E-state index in [9.17, 15) is 14.4 Å². The second-order valence-electron chi connectivity index (χ2n) is 6.26. The van der Waals surface area contributed by atoms with Crippen molar-refractivity contribution >= 4 is 22.8 Å². The number of rotatable bonds is 6. The molecule has 1 aromatic heterocycles. The Labute approximate surface area is 156 Å². The van der Waals surface area contributed by atoms with Crippen LogP contribution in [0.5, 0.6) is 11.5 Å². The highest BCUT2D eigenvalue weighted by Crippen LogP contribution is 2.35. The van der Waals surface area contributed by atoms with Crippen LogP contribution in [-0.2, 0) is 16.1 Å². The van der Waals surface area contributed by atoms with E-state index in [1.165, 1.54) is 6.20 Å². The van der Waals surface area contributed by atoms with Crippen LogP contribution in [0.1, 0.15) is 37.6 Å². The maximum Gasteiger partial charge on any atom is 0.307 e. The van der Waals surface area contributed by atoms with Crippen LogP contribution in [0.25, 0.3) is 10.9 Å². The Hall–Kier alpha value is -3.03. The van der Waals surface area contributed by atoms with Gasteiger partial charge in [0.05, 0.1) is 23.9 Å². The molecule has 144 valence electrons. The highest BCUT2D eigenvalue weighted by Gasteiger charge is 2.22. The molecule has 3 rings (SSSR count). The van der Waals surface area contributed by atoms with Gasteiger partial charge in [-0.1, -0.05) is 0 Å². The van der Waals surface area contributed by atoms with E-state index in [0.717, 1.165) is 0 Å². The molecule has 1 aliphatic heterocycles. The number of benzene rings is 1. The van der Waals surface area contributed by atoms with Gasteiger partial charge in [0, 0.05) is 24.8 Å². The second-order valence-corrected chi connectivity index (χ2v) is 6.26. The maximum atomic E-state index is 12.9. The number of nitrogens with zero attached hydrogens (tertiary/aromatic N) is 1. The first kappa shape index (κ1) is 18.8. The van der Waals surface area contributed by atoms with Gasteiger partial charge in [-0.3, -0.25) is 14.4 Å². The summed E-state index contributed by atoms with van der Waals surface area (Å²) in [4.78, 5) is 37.1. The van der Waals surface area contributed by atoms with Gasteiger partial charge in [0.25, 0.3) is 5.91 Å². The Morgan fingerprint density at radius 2 is 1.96 bits per heavy atom. The van der Waals surface area contributed by atoms with Gasteiger partial charge < -0.3 is 24.1 Å². The Kier molecular flexibility index (Phi) is 5.34. The molecule has 1 aromatic carbocycles. The summed E-state index contributed by atoms with van der Waals surface area (Å²) >= 11 is 0. The highest BCUT2D eigenvalue weighted by atomic mass is 16.7. The van der Waals surface area contributed by atoms with Crippen LogP contribution < -0.4 is 20.2 Å². The molecule has 1 atom stereocenters. The molecule has 0 fully saturated rings. The quantitative estimate of drug-likeness (QED) is 0.775. The lowest BCUT2D eigenvalue weighted by Crippen LogP contribution is -2.37. The third kappa shape index (κ3) is 3.74. The van der Waals surface area contributed by atoms with Crippen LogP contribution in [0.2, 0.25) is 0 Å². The third-order valence-electron chi connectivity index (χ3n) is 4.32. The van der Waals surface area contributed by atoms with Gasteiger partial charge in [-0.15, -0.1) is 0 Å². The van der Waals surface area contributed by atoms with Crippen molar-refractivity contribution in [3.63, 3.8) is 0 Å². The van der Waals surface area contributed by atoms with Crippen molar-refractivity contribution in [2.45, 2.75) is 39.8 Å². The number of aryl methyl sites for hydroxylation is 1. The molecule has 1 N–H and O–H groups in total. The number of ether oxygens (including phenoxy) is 3. The summed E-state index contributed by atoms with van der Waals surface area (Å²) in [6.45, 7) is 6.27. The molecule has 8 nitrogen and oxygen atoms in total. The average molecular weight is 374 g/mol. The minimum Gasteiger partial charge on any atom is -0.466 e. The van der Waals surface area contributed by atoms with E-state index >= 15 is 0 Å². The Balaban J connectivity index is 1.93. The first-order valence-corrected chi connectivity index (χ1v) is 8.87. The van der Waals surface area contributed by atoms with E-state index < -0.39 is 23.3 Å². The van der Waals surface area contributed by atoms with Gasteiger partial charge in [0.2, 0.25) is 12.2 Å². The van der Waals surface area contributed by atoms with Gasteiger partial charge >= 0.3 is 5.97 Å². The van der Waals surface area contributed by atoms with Crippen molar-refractivity contribution in [3.8, 4) is 11.5 Å². The van der Waals surface area contributed by atoms with Crippen molar-refractivity contribution in [2.75, 3.05) is 13.4 Å². The van der Waals surface area contributed by atoms with E-state index in [2.05, 4.69) is 5.32 Å². The minimum atomic E-state index is -0.529. The molecule has 2 heterocycles. The maximum absolute atomic E-state index is 12.9. The van der Waals surface area contributed by atoms with E-state index in [1.54, 1.807) is 26.0 Å². The molecular weight excluding hydrogens is 352 g/mol. The number of carbonyl (C=O) groups is 2. The number of esters is 1. The van der Waals surface area contributed by atoms with Gasteiger partial charge in [0.1, 0.15) is 5.56 Å². The van der Waals surface area contributed by atoms with Gasteiger partial charge in [-0.05, 0) is 26.8 Å². The highest BCUT2D eigenvalue weighted by molar-refractivity contribution is 5.98. The van der Waals surface area contributed by atoms with E-state index in [0.29, 0.717) is 28.9 Å². The van der Waals surface area contributed by atoms with Crippen LogP contribution in [0.15, 0.2) is 23.1 Å². The van der Waals surface area contributed by atoms with Crippen LogP contribution in [0, 0.1) is 0 Å². The average Bonchev–Trinajstić information content (AvgIpc) is 3.08. The molecule has 0 saturated carbocycles. The summed E-state index contributed by atoms with van der Waals surface area (Å²) in [5.41, 5.74) is 0.288. The lowest BCUT2D eigenvalue weighted by molar-refractivity contribution is -0.143. The Morgan fingerprint density at radius 3 is 2.63 bits per heavy atom. The number of fused-ring (bicyclic) bond motifs is 2. The molecule has 0 bridgehead atoms. The van der Waals surface area contributed by atoms with Gasteiger partial charge in [0.15, 0.2) is 11.5 Å². The van der Waals surface area contributed by atoms with Crippen molar-refractivity contribution in [3.05, 3.63) is 34.1 Å². The molecule has 0 radical (unpaired) electrons. The zero-order valence-corrected chi connectivity index (χ0v) is 15.5. The summed E-state index contributed by atoms with van der Waals surface area (Å²) in [6, 6.07) is 2.89. The first-order chi connectivity index (χ1) is 12.9. The van der Waals surface area contributed by atoms with Crippen LogP contribution >= 0.6 is 0 Å². The predicted octanol–water partition coefficient (Wildman–Crippen LogP) is 1.82. The Morgan fingerprint density at radius 1 is 1.26 bits per heavy atom. The molecule has 1 amide bonds. The van der Waals surface area contributed by atoms with Crippen LogP contribution in [0.3, 0.4) is 0 Å². The lowest BCUT2D eigenvalue weighted by Gasteiger charge is -2.15. The Bertz CT molecular complexity index is 949.